The van der Waals surface area contributed by atoms with Crippen molar-refractivity contribution >= 4 is 5.91 Å². The van der Waals surface area contributed by atoms with Crippen LogP contribution in [0.1, 0.15) is 13.3 Å². The van der Waals surface area contributed by atoms with E-state index in [1.54, 1.807) is 11.0 Å². The molecule has 1 rings (SSSR count). The summed E-state index contributed by atoms with van der Waals surface area (Å²) in [6.07, 6.45) is 4.00. The summed E-state index contributed by atoms with van der Waals surface area (Å²) < 4.78 is 6.75. The van der Waals surface area contributed by atoms with Gasteiger partial charge >= 0.3 is 0 Å². The molecular formula is C9H16N4O2. The van der Waals surface area contributed by atoms with Gasteiger partial charge in [-0.15, -0.1) is 0 Å². The van der Waals surface area contributed by atoms with Crippen LogP contribution in [0.2, 0.25) is 0 Å². The van der Waals surface area contributed by atoms with Crippen LogP contribution >= 0.6 is 0 Å². The molecule has 0 atom stereocenters. The Bertz CT molecular complexity index is 274. The first-order chi connectivity index (χ1) is 7.33. The van der Waals surface area contributed by atoms with Gasteiger partial charge in [0.05, 0.1) is 6.54 Å². The molecule has 1 aromatic rings. The minimum atomic E-state index is -0.0939. The van der Waals surface area contributed by atoms with Gasteiger partial charge in [0.2, 0.25) is 5.91 Å². The molecule has 0 spiro atoms. The Labute approximate surface area is 88.6 Å². The van der Waals surface area contributed by atoms with Crippen molar-refractivity contribution < 1.29 is 9.53 Å². The lowest BCUT2D eigenvalue weighted by atomic mass is 10.5. The van der Waals surface area contributed by atoms with E-state index in [4.69, 9.17) is 4.74 Å². The number of hydrogen-bond acceptors (Lipinski definition) is 4. The van der Waals surface area contributed by atoms with Crippen LogP contribution < -0.4 is 5.32 Å². The van der Waals surface area contributed by atoms with Crippen LogP contribution in [0.5, 0.6) is 0 Å². The van der Waals surface area contributed by atoms with Crippen molar-refractivity contribution in [2.75, 3.05) is 19.8 Å². The number of nitrogens with zero attached hydrogens (tertiary/aromatic N) is 3. The molecule has 1 N–H and O–H groups in total. The summed E-state index contributed by atoms with van der Waals surface area (Å²) in [5.41, 5.74) is 0. The lowest BCUT2D eigenvalue weighted by Gasteiger charge is -2.05. The van der Waals surface area contributed by atoms with Crippen LogP contribution in [0, 0.1) is 0 Å². The lowest BCUT2D eigenvalue weighted by molar-refractivity contribution is -0.125. The molecule has 1 heterocycles. The Morgan fingerprint density at radius 3 is 3.13 bits per heavy atom. The summed E-state index contributed by atoms with van der Waals surface area (Å²) in [5.74, 6) is -0.0939. The third-order valence-corrected chi connectivity index (χ3v) is 1.71. The van der Waals surface area contributed by atoms with Crippen molar-refractivity contribution in [1.82, 2.24) is 20.1 Å². The van der Waals surface area contributed by atoms with Gasteiger partial charge in [0, 0.05) is 13.2 Å². The molecule has 84 valence electrons. The third-order valence-electron chi connectivity index (χ3n) is 1.71. The average Bonchev–Trinajstić information content (AvgIpc) is 2.71. The van der Waals surface area contributed by atoms with E-state index in [2.05, 4.69) is 15.4 Å². The highest BCUT2D eigenvalue weighted by Crippen LogP contribution is 1.81. The van der Waals surface area contributed by atoms with E-state index in [1.807, 2.05) is 6.92 Å². The van der Waals surface area contributed by atoms with Crippen LogP contribution in [-0.2, 0) is 16.1 Å². The van der Waals surface area contributed by atoms with Crippen LogP contribution in [0.4, 0.5) is 0 Å². The molecule has 0 fully saturated rings. The van der Waals surface area contributed by atoms with E-state index >= 15 is 0 Å². The minimum absolute atomic E-state index is 0.0939. The van der Waals surface area contributed by atoms with Gasteiger partial charge < -0.3 is 10.1 Å². The predicted octanol–water partition coefficient (Wildman–Crippen LogP) is -0.179. The summed E-state index contributed by atoms with van der Waals surface area (Å²) >= 11 is 0. The van der Waals surface area contributed by atoms with Gasteiger partial charge in [-0.3, -0.25) is 9.48 Å². The quantitative estimate of drug-likeness (QED) is 0.637. The molecule has 0 saturated carbocycles. The molecule has 6 nitrogen and oxygen atoms in total. The molecule has 0 aromatic carbocycles. The topological polar surface area (TPSA) is 69.0 Å². The first-order valence-electron chi connectivity index (χ1n) is 4.99. The summed E-state index contributed by atoms with van der Waals surface area (Å²) in [7, 11) is 0. The molecule has 15 heavy (non-hydrogen) atoms. The number of ether oxygens (including phenoxy) is 1. The van der Waals surface area contributed by atoms with Gasteiger partial charge in [-0.1, -0.05) is 6.92 Å². The Hall–Kier alpha value is -1.43. The van der Waals surface area contributed by atoms with Gasteiger partial charge in [-0.25, -0.2) is 4.98 Å². The first kappa shape index (κ1) is 11.6. The SMILES string of the molecule is CCCOCC(=O)NCCn1cncn1. The minimum Gasteiger partial charge on any atom is -0.372 e. The largest absolute Gasteiger partial charge is 0.372 e. The van der Waals surface area contributed by atoms with Crippen molar-refractivity contribution in [1.29, 1.82) is 0 Å². The molecule has 6 heteroatoms. The van der Waals surface area contributed by atoms with Gasteiger partial charge in [-0.05, 0) is 6.42 Å². The third kappa shape index (κ3) is 5.11. The van der Waals surface area contributed by atoms with Crippen molar-refractivity contribution in [3.63, 3.8) is 0 Å². The van der Waals surface area contributed by atoms with Gasteiger partial charge in [0.1, 0.15) is 19.3 Å². The number of aromatic nitrogens is 3. The monoisotopic (exact) mass is 212 g/mol. The number of nitrogens with one attached hydrogen (secondary N) is 1. The Kier molecular flexibility index (Phi) is 5.39. The molecule has 0 radical (unpaired) electrons. The zero-order valence-electron chi connectivity index (χ0n) is 8.85. The molecule has 0 unspecified atom stereocenters. The molecule has 1 aromatic heterocycles. The molecule has 0 bridgehead atoms. The molecular weight excluding hydrogens is 196 g/mol. The van der Waals surface area contributed by atoms with Crippen molar-refractivity contribution in [3.05, 3.63) is 12.7 Å². The Morgan fingerprint density at radius 1 is 1.60 bits per heavy atom. The maximum absolute atomic E-state index is 11.2. The van der Waals surface area contributed by atoms with Gasteiger partial charge in [0.15, 0.2) is 0 Å². The van der Waals surface area contributed by atoms with E-state index in [0.717, 1.165) is 6.42 Å². The van der Waals surface area contributed by atoms with Crippen molar-refractivity contribution in [2.45, 2.75) is 19.9 Å². The number of carbonyl (C=O) groups is 1. The van der Waals surface area contributed by atoms with Gasteiger partial charge in [0.25, 0.3) is 0 Å². The molecule has 1 amide bonds. The number of amides is 1. The zero-order valence-corrected chi connectivity index (χ0v) is 8.85. The summed E-state index contributed by atoms with van der Waals surface area (Å²) in [4.78, 5) is 15.0. The number of rotatable bonds is 7. The maximum atomic E-state index is 11.2. The summed E-state index contributed by atoms with van der Waals surface area (Å²) in [6, 6.07) is 0. The fourth-order valence-corrected chi connectivity index (χ4v) is 1.02. The van der Waals surface area contributed by atoms with Crippen LogP contribution in [0.3, 0.4) is 0 Å². The van der Waals surface area contributed by atoms with Crippen LogP contribution in [-0.4, -0.2) is 40.4 Å². The Balaban J connectivity index is 2.02. The van der Waals surface area contributed by atoms with E-state index in [0.29, 0.717) is 19.7 Å². The standard InChI is InChI=1S/C9H16N4O2/c1-2-5-15-6-9(14)11-3-4-13-8-10-7-12-13/h7-8H,2-6H2,1H3,(H,11,14). The average molecular weight is 212 g/mol. The predicted molar refractivity (Wildman–Crippen MR) is 54.1 cm³/mol. The zero-order chi connectivity index (χ0) is 10.9. The molecule has 0 saturated heterocycles. The second-order valence-corrected chi connectivity index (χ2v) is 3.06. The van der Waals surface area contributed by atoms with E-state index in [1.165, 1.54) is 6.33 Å². The van der Waals surface area contributed by atoms with Crippen LogP contribution in [0.15, 0.2) is 12.7 Å². The first-order valence-corrected chi connectivity index (χ1v) is 4.99. The lowest BCUT2D eigenvalue weighted by Crippen LogP contribution is -2.30. The molecule has 0 aliphatic carbocycles. The fourth-order valence-electron chi connectivity index (χ4n) is 1.02. The normalized spacial score (nSPS) is 10.2. The maximum Gasteiger partial charge on any atom is 0.246 e. The number of hydrogen-bond donors (Lipinski definition) is 1. The smallest absolute Gasteiger partial charge is 0.246 e. The molecule has 0 aliphatic heterocycles. The highest BCUT2D eigenvalue weighted by Gasteiger charge is 1.99. The van der Waals surface area contributed by atoms with Crippen LogP contribution in [0.25, 0.3) is 0 Å². The van der Waals surface area contributed by atoms with E-state index in [-0.39, 0.29) is 12.5 Å². The van der Waals surface area contributed by atoms with Crippen molar-refractivity contribution in [3.8, 4) is 0 Å². The second-order valence-electron chi connectivity index (χ2n) is 3.06. The highest BCUT2D eigenvalue weighted by atomic mass is 16.5. The summed E-state index contributed by atoms with van der Waals surface area (Å²) in [5, 5.41) is 6.64. The fraction of sp³-hybridized carbons (Fsp3) is 0.667. The number of carbonyl (C=O) groups excluding carboxylic acids is 1. The Morgan fingerprint density at radius 2 is 2.47 bits per heavy atom. The van der Waals surface area contributed by atoms with Gasteiger partial charge in [-0.2, -0.15) is 5.10 Å². The molecule has 0 aliphatic rings. The van der Waals surface area contributed by atoms with Crippen molar-refractivity contribution in [2.24, 2.45) is 0 Å². The summed E-state index contributed by atoms with van der Waals surface area (Å²) in [6.45, 7) is 3.92. The second kappa shape index (κ2) is 6.94. The highest BCUT2D eigenvalue weighted by molar-refractivity contribution is 5.77. The van der Waals surface area contributed by atoms with E-state index in [9.17, 15) is 4.79 Å². The van der Waals surface area contributed by atoms with E-state index < -0.39 is 0 Å².